The molecule has 3 aromatic rings. The molecule has 1 unspecified atom stereocenters. The summed E-state index contributed by atoms with van der Waals surface area (Å²) in [7, 11) is 4.83. The van der Waals surface area contributed by atoms with Gasteiger partial charge in [-0.15, -0.1) is 0 Å². The van der Waals surface area contributed by atoms with E-state index in [1.165, 1.54) is 32.9 Å². The molecule has 0 aliphatic heterocycles. The second-order valence-electron chi connectivity index (χ2n) is 7.30. The molecule has 140 valence electrons. The van der Waals surface area contributed by atoms with Gasteiger partial charge in [-0.05, 0) is 56.5 Å². The van der Waals surface area contributed by atoms with Crippen LogP contribution in [0.5, 0.6) is 5.75 Å². The lowest BCUT2D eigenvalue weighted by atomic mass is 10.1. The Morgan fingerprint density at radius 2 is 1.52 bits per heavy atom. The highest BCUT2D eigenvalue weighted by molar-refractivity contribution is 7.55. The number of aryl methyl sites for hydroxylation is 2. The summed E-state index contributed by atoms with van der Waals surface area (Å²) in [6.07, 6.45) is 0. The number of ether oxygens (including phenoxy) is 1. The summed E-state index contributed by atoms with van der Waals surface area (Å²) >= 11 is 0. The number of hydrogen-bond donors (Lipinski definition) is 0. The van der Waals surface area contributed by atoms with E-state index in [1.807, 2.05) is 6.07 Å². The van der Waals surface area contributed by atoms with Crippen molar-refractivity contribution in [3.05, 3.63) is 89.0 Å². The van der Waals surface area contributed by atoms with E-state index in [1.54, 1.807) is 0 Å². The van der Waals surface area contributed by atoms with Crippen LogP contribution in [0.25, 0.3) is 0 Å². The fraction of sp³-hybridized carbons (Fsp3) is 0.250. The Kier molecular flexibility index (Phi) is 6.66. The average Bonchev–Trinajstić information content (AvgIpc) is 2.64. The summed E-state index contributed by atoms with van der Waals surface area (Å²) in [6.45, 7) is 5.85. The van der Waals surface area contributed by atoms with E-state index in [2.05, 4.69) is 93.5 Å². The van der Waals surface area contributed by atoms with Crippen LogP contribution in [-0.2, 0) is 13.2 Å². The molecule has 2 nitrogen and oxygen atoms in total. The molecule has 3 heteroatoms. The van der Waals surface area contributed by atoms with Gasteiger partial charge in [0.1, 0.15) is 12.4 Å². The van der Waals surface area contributed by atoms with Gasteiger partial charge in [-0.1, -0.05) is 74.3 Å². The van der Waals surface area contributed by atoms with Crippen molar-refractivity contribution < 1.29 is 4.74 Å². The number of hydrogen-bond acceptors (Lipinski definition) is 2. The van der Waals surface area contributed by atoms with Gasteiger partial charge in [0.25, 0.3) is 0 Å². The first-order chi connectivity index (χ1) is 13.0. The van der Waals surface area contributed by atoms with Gasteiger partial charge in [0.15, 0.2) is 0 Å². The van der Waals surface area contributed by atoms with Gasteiger partial charge < -0.3 is 9.64 Å². The van der Waals surface area contributed by atoms with Crippen LogP contribution in [0.3, 0.4) is 0 Å². The van der Waals surface area contributed by atoms with Crippen LogP contribution in [0.1, 0.15) is 22.3 Å². The molecular weight excluding hydrogens is 349 g/mol. The molecule has 0 aliphatic carbocycles. The van der Waals surface area contributed by atoms with Crippen molar-refractivity contribution in [2.45, 2.75) is 27.0 Å². The summed E-state index contributed by atoms with van der Waals surface area (Å²) in [6, 6.07) is 23.6. The van der Waals surface area contributed by atoms with Gasteiger partial charge in [0, 0.05) is 11.8 Å². The van der Waals surface area contributed by atoms with Crippen molar-refractivity contribution in [1.82, 2.24) is 4.90 Å². The van der Waals surface area contributed by atoms with Crippen molar-refractivity contribution >= 4 is 19.2 Å². The third-order valence-electron chi connectivity index (χ3n) is 4.39. The van der Waals surface area contributed by atoms with E-state index in [4.69, 9.17) is 4.74 Å². The van der Waals surface area contributed by atoms with Crippen molar-refractivity contribution in [2.75, 3.05) is 14.1 Å². The van der Waals surface area contributed by atoms with Crippen LogP contribution in [0.2, 0.25) is 0 Å². The largest absolute Gasteiger partial charge is 0.488 e. The molecule has 0 saturated carbocycles. The number of benzene rings is 3. The van der Waals surface area contributed by atoms with Crippen molar-refractivity contribution in [1.29, 1.82) is 0 Å². The molecule has 0 aliphatic rings. The zero-order valence-corrected chi connectivity index (χ0v) is 17.6. The minimum Gasteiger partial charge on any atom is -0.488 e. The zero-order chi connectivity index (χ0) is 19.2. The summed E-state index contributed by atoms with van der Waals surface area (Å²) in [4.78, 5) is 2.23. The standard InChI is InChI=1S/C24H28NOP/c1-18-11-13-23(21(14-18)16-25(3)4)27-24-15-19(2)10-12-22(24)26-17-20-8-6-5-7-9-20/h5-15,27H,16-17H2,1-4H3. The summed E-state index contributed by atoms with van der Waals surface area (Å²) in [5.41, 5.74) is 5.17. The summed E-state index contributed by atoms with van der Waals surface area (Å²) < 4.78 is 6.19. The maximum Gasteiger partial charge on any atom is 0.127 e. The highest BCUT2D eigenvalue weighted by atomic mass is 31.1. The molecule has 0 heterocycles. The molecule has 3 aromatic carbocycles. The Morgan fingerprint density at radius 3 is 2.26 bits per heavy atom. The van der Waals surface area contributed by atoms with Crippen LogP contribution in [0.15, 0.2) is 66.7 Å². The van der Waals surface area contributed by atoms with E-state index in [9.17, 15) is 0 Å². The predicted octanol–water partition coefficient (Wildman–Crippen LogP) is 4.57. The van der Waals surface area contributed by atoms with E-state index >= 15 is 0 Å². The Bertz CT molecular complexity index is 890. The number of nitrogens with zero attached hydrogens (tertiary/aromatic N) is 1. The second kappa shape index (κ2) is 9.17. The number of rotatable bonds is 7. The first-order valence-electron chi connectivity index (χ1n) is 9.30. The van der Waals surface area contributed by atoms with Gasteiger partial charge in [-0.3, -0.25) is 0 Å². The minimum atomic E-state index is 0.583. The molecule has 0 amide bonds. The minimum absolute atomic E-state index is 0.583. The van der Waals surface area contributed by atoms with Crippen LogP contribution >= 0.6 is 8.58 Å². The molecule has 0 fully saturated rings. The quantitative estimate of drug-likeness (QED) is 0.559. The Morgan fingerprint density at radius 1 is 0.815 bits per heavy atom. The first kappa shape index (κ1) is 19.6. The lowest BCUT2D eigenvalue weighted by molar-refractivity contribution is 0.309. The lowest BCUT2D eigenvalue weighted by Gasteiger charge is -2.17. The lowest BCUT2D eigenvalue weighted by Crippen LogP contribution is -2.18. The fourth-order valence-corrected chi connectivity index (χ4v) is 4.41. The molecule has 0 spiro atoms. The first-order valence-corrected chi connectivity index (χ1v) is 10.3. The Balaban J connectivity index is 1.85. The van der Waals surface area contributed by atoms with Crippen LogP contribution in [0.4, 0.5) is 0 Å². The second-order valence-corrected chi connectivity index (χ2v) is 8.62. The monoisotopic (exact) mass is 377 g/mol. The molecule has 0 saturated heterocycles. The van der Waals surface area contributed by atoms with Crippen molar-refractivity contribution in [2.24, 2.45) is 0 Å². The highest BCUT2D eigenvalue weighted by Crippen LogP contribution is 2.24. The van der Waals surface area contributed by atoms with Crippen LogP contribution < -0.4 is 15.3 Å². The molecule has 0 radical (unpaired) electrons. The van der Waals surface area contributed by atoms with Gasteiger partial charge in [-0.25, -0.2) is 0 Å². The smallest absolute Gasteiger partial charge is 0.127 e. The summed E-state index contributed by atoms with van der Waals surface area (Å²) in [5.74, 6) is 0.985. The highest BCUT2D eigenvalue weighted by Gasteiger charge is 2.10. The molecule has 27 heavy (non-hydrogen) atoms. The molecule has 0 bridgehead atoms. The van der Waals surface area contributed by atoms with Crippen LogP contribution in [-0.4, -0.2) is 19.0 Å². The van der Waals surface area contributed by atoms with Gasteiger partial charge in [0.2, 0.25) is 0 Å². The Labute approximate surface area is 165 Å². The third-order valence-corrected chi connectivity index (χ3v) is 5.81. The van der Waals surface area contributed by atoms with E-state index in [0.717, 1.165) is 12.3 Å². The van der Waals surface area contributed by atoms with E-state index in [-0.39, 0.29) is 0 Å². The predicted molar refractivity (Wildman–Crippen MR) is 118 cm³/mol. The Hall–Kier alpha value is -2.15. The molecular formula is C24H28NOP. The van der Waals surface area contributed by atoms with Gasteiger partial charge in [0.05, 0.1) is 0 Å². The van der Waals surface area contributed by atoms with Crippen molar-refractivity contribution in [3.63, 3.8) is 0 Å². The molecule has 0 aromatic heterocycles. The average molecular weight is 377 g/mol. The van der Waals surface area contributed by atoms with Crippen LogP contribution in [0, 0.1) is 13.8 Å². The van der Waals surface area contributed by atoms with Gasteiger partial charge >= 0.3 is 0 Å². The maximum absolute atomic E-state index is 6.19. The fourth-order valence-electron chi connectivity index (χ4n) is 3.06. The third kappa shape index (κ3) is 5.66. The van der Waals surface area contributed by atoms with E-state index < -0.39 is 0 Å². The maximum atomic E-state index is 6.19. The topological polar surface area (TPSA) is 12.5 Å². The SMILES string of the molecule is Cc1ccc(Pc2cc(C)ccc2OCc2ccccc2)c(CN(C)C)c1. The van der Waals surface area contributed by atoms with E-state index in [0.29, 0.717) is 15.2 Å². The zero-order valence-electron chi connectivity index (χ0n) is 16.6. The molecule has 1 atom stereocenters. The molecule has 0 N–H and O–H groups in total. The summed E-state index contributed by atoms with van der Waals surface area (Å²) in [5, 5.41) is 2.67. The normalized spacial score (nSPS) is 11.4. The van der Waals surface area contributed by atoms with Gasteiger partial charge in [-0.2, -0.15) is 0 Å². The molecule has 3 rings (SSSR count). The van der Waals surface area contributed by atoms with Crippen molar-refractivity contribution in [3.8, 4) is 5.75 Å².